The van der Waals surface area contributed by atoms with Gasteiger partial charge in [-0.15, -0.1) is 0 Å². The van der Waals surface area contributed by atoms with Crippen LogP contribution in [0.25, 0.3) is 10.9 Å². The number of carboxylic acids is 1. The van der Waals surface area contributed by atoms with Gasteiger partial charge < -0.3 is 15.8 Å². The molecular formula is C10H7N3O2. The lowest BCUT2D eigenvalue weighted by molar-refractivity contribution is 0.0700. The number of nitriles is 1. The first-order valence-electron chi connectivity index (χ1n) is 4.18. The van der Waals surface area contributed by atoms with Gasteiger partial charge in [-0.1, -0.05) is 6.07 Å². The molecule has 0 amide bonds. The van der Waals surface area contributed by atoms with Crippen LogP contribution in [0.15, 0.2) is 18.2 Å². The average Bonchev–Trinajstić information content (AvgIpc) is 2.52. The summed E-state index contributed by atoms with van der Waals surface area (Å²) in [5.74, 6) is -0.976. The van der Waals surface area contributed by atoms with Crippen molar-refractivity contribution in [1.82, 2.24) is 4.98 Å². The van der Waals surface area contributed by atoms with Gasteiger partial charge in [0.1, 0.15) is 11.4 Å². The molecule has 2 rings (SSSR count). The molecule has 0 atom stereocenters. The fourth-order valence-electron chi connectivity index (χ4n) is 1.52. The Morgan fingerprint density at radius 2 is 2.27 bits per heavy atom. The molecule has 0 aliphatic carbocycles. The SMILES string of the molecule is N#Cc1ccc2c(C(=O)O)c(N)[nH]c2c1. The van der Waals surface area contributed by atoms with E-state index in [1.165, 1.54) is 0 Å². The maximum atomic E-state index is 10.9. The van der Waals surface area contributed by atoms with E-state index in [9.17, 15) is 4.79 Å². The Balaban J connectivity index is 2.81. The zero-order valence-electron chi connectivity index (χ0n) is 7.61. The van der Waals surface area contributed by atoms with Gasteiger partial charge in [-0.2, -0.15) is 5.26 Å². The minimum absolute atomic E-state index is 0.0505. The topological polar surface area (TPSA) is 103 Å². The molecule has 0 fully saturated rings. The molecule has 0 spiro atoms. The summed E-state index contributed by atoms with van der Waals surface area (Å²) in [6.45, 7) is 0. The van der Waals surface area contributed by atoms with Gasteiger partial charge in [0.2, 0.25) is 0 Å². The fourth-order valence-corrected chi connectivity index (χ4v) is 1.52. The minimum Gasteiger partial charge on any atom is -0.478 e. The molecule has 5 heteroatoms. The smallest absolute Gasteiger partial charge is 0.340 e. The van der Waals surface area contributed by atoms with Gasteiger partial charge in [0.15, 0.2) is 0 Å². The van der Waals surface area contributed by atoms with E-state index in [2.05, 4.69) is 4.98 Å². The summed E-state index contributed by atoms with van der Waals surface area (Å²) in [5.41, 5.74) is 6.60. The Labute approximate surface area is 84.7 Å². The Morgan fingerprint density at radius 1 is 1.53 bits per heavy atom. The molecule has 5 nitrogen and oxygen atoms in total. The maximum Gasteiger partial charge on any atom is 0.340 e. The lowest BCUT2D eigenvalue weighted by Crippen LogP contribution is -1.99. The van der Waals surface area contributed by atoms with Crippen molar-refractivity contribution >= 4 is 22.7 Å². The van der Waals surface area contributed by atoms with Gasteiger partial charge in [0, 0.05) is 10.9 Å². The van der Waals surface area contributed by atoms with E-state index in [0.29, 0.717) is 16.5 Å². The number of aromatic carboxylic acids is 1. The van der Waals surface area contributed by atoms with Crippen molar-refractivity contribution in [2.24, 2.45) is 0 Å². The van der Waals surface area contributed by atoms with E-state index in [4.69, 9.17) is 16.1 Å². The number of benzene rings is 1. The molecule has 74 valence electrons. The van der Waals surface area contributed by atoms with Crippen molar-refractivity contribution in [3.63, 3.8) is 0 Å². The van der Waals surface area contributed by atoms with E-state index < -0.39 is 5.97 Å². The Morgan fingerprint density at radius 3 is 2.87 bits per heavy atom. The van der Waals surface area contributed by atoms with Crippen LogP contribution in [0.5, 0.6) is 0 Å². The summed E-state index contributed by atoms with van der Waals surface area (Å²) in [6, 6.07) is 6.67. The van der Waals surface area contributed by atoms with Crippen LogP contribution < -0.4 is 5.73 Å². The standard InChI is InChI=1S/C10H7N3O2/c11-4-5-1-2-6-7(3-5)13-9(12)8(6)10(14)15/h1-3,13H,12H2,(H,14,15). The van der Waals surface area contributed by atoms with Gasteiger partial charge in [0.05, 0.1) is 11.6 Å². The number of carboxylic acid groups (broad SMARTS) is 1. The first kappa shape index (κ1) is 9.09. The van der Waals surface area contributed by atoms with Crippen molar-refractivity contribution in [2.45, 2.75) is 0 Å². The number of nitrogens with one attached hydrogen (secondary N) is 1. The molecule has 0 radical (unpaired) electrons. The number of hydrogen-bond donors (Lipinski definition) is 3. The van der Waals surface area contributed by atoms with Crippen LogP contribution in [0.3, 0.4) is 0 Å². The first-order chi connectivity index (χ1) is 7.13. The molecule has 0 unspecified atom stereocenters. The molecule has 0 bridgehead atoms. The second-order valence-electron chi connectivity index (χ2n) is 3.09. The number of fused-ring (bicyclic) bond motifs is 1. The number of H-pyrrole nitrogens is 1. The Kier molecular flexibility index (Phi) is 1.83. The molecule has 0 saturated carbocycles. The zero-order chi connectivity index (χ0) is 11.0. The second-order valence-corrected chi connectivity index (χ2v) is 3.09. The summed E-state index contributed by atoms with van der Waals surface area (Å²) in [7, 11) is 0. The third-order valence-corrected chi connectivity index (χ3v) is 2.17. The Hall–Kier alpha value is -2.48. The molecule has 0 aliphatic heterocycles. The van der Waals surface area contributed by atoms with Crippen molar-refractivity contribution in [1.29, 1.82) is 5.26 Å². The highest BCUT2D eigenvalue weighted by Gasteiger charge is 2.15. The highest BCUT2D eigenvalue weighted by molar-refractivity contribution is 6.08. The number of nitrogens with zero attached hydrogens (tertiary/aromatic N) is 1. The van der Waals surface area contributed by atoms with Crippen molar-refractivity contribution < 1.29 is 9.90 Å². The predicted octanol–water partition coefficient (Wildman–Crippen LogP) is 1.32. The summed E-state index contributed by atoms with van der Waals surface area (Å²) >= 11 is 0. The molecule has 0 aliphatic rings. The number of hydrogen-bond acceptors (Lipinski definition) is 3. The van der Waals surface area contributed by atoms with E-state index in [1.54, 1.807) is 18.2 Å². The normalized spacial score (nSPS) is 10.1. The van der Waals surface area contributed by atoms with Crippen molar-refractivity contribution in [3.05, 3.63) is 29.3 Å². The fraction of sp³-hybridized carbons (Fsp3) is 0. The van der Waals surface area contributed by atoms with E-state index in [0.717, 1.165) is 0 Å². The quantitative estimate of drug-likeness (QED) is 0.647. The molecular weight excluding hydrogens is 194 g/mol. The predicted molar refractivity (Wildman–Crippen MR) is 54.4 cm³/mol. The number of carbonyl (C=O) groups is 1. The highest BCUT2D eigenvalue weighted by atomic mass is 16.4. The van der Waals surface area contributed by atoms with Crippen LogP contribution in [0.4, 0.5) is 5.82 Å². The molecule has 0 saturated heterocycles. The number of nitrogens with two attached hydrogens (primary N) is 1. The van der Waals surface area contributed by atoms with Crippen LogP contribution in [0, 0.1) is 11.3 Å². The number of rotatable bonds is 1. The molecule has 1 heterocycles. The lowest BCUT2D eigenvalue weighted by Gasteiger charge is -1.93. The third-order valence-electron chi connectivity index (χ3n) is 2.17. The van der Waals surface area contributed by atoms with Crippen LogP contribution in [0.2, 0.25) is 0 Å². The van der Waals surface area contributed by atoms with Gasteiger partial charge in [-0.25, -0.2) is 4.79 Å². The number of anilines is 1. The lowest BCUT2D eigenvalue weighted by atomic mass is 10.1. The van der Waals surface area contributed by atoms with Crippen LogP contribution in [-0.4, -0.2) is 16.1 Å². The van der Waals surface area contributed by atoms with Crippen molar-refractivity contribution in [3.8, 4) is 6.07 Å². The first-order valence-corrected chi connectivity index (χ1v) is 4.18. The number of aromatic amines is 1. The van der Waals surface area contributed by atoms with Crippen LogP contribution >= 0.6 is 0 Å². The van der Waals surface area contributed by atoms with E-state index in [1.807, 2.05) is 6.07 Å². The summed E-state index contributed by atoms with van der Waals surface area (Å²) < 4.78 is 0. The summed E-state index contributed by atoms with van der Waals surface area (Å²) in [4.78, 5) is 13.6. The van der Waals surface area contributed by atoms with Gasteiger partial charge >= 0.3 is 5.97 Å². The summed E-state index contributed by atoms with van der Waals surface area (Å²) in [5, 5.41) is 18.1. The van der Waals surface area contributed by atoms with Crippen molar-refractivity contribution in [2.75, 3.05) is 5.73 Å². The molecule has 2 aromatic rings. The number of aromatic nitrogens is 1. The highest BCUT2D eigenvalue weighted by Crippen LogP contribution is 2.24. The van der Waals surface area contributed by atoms with Gasteiger partial charge in [-0.3, -0.25) is 0 Å². The van der Waals surface area contributed by atoms with E-state index in [-0.39, 0.29) is 11.4 Å². The monoisotopic (exact) mass is 201 g/mol. The third kappa shape index (κ3) is 1.28. The molecule has 15 heavy (non-hydrogen) atoms. The van der Waals surface area contributed by atoms with E-state index >= 15 is 0 Å². The maximum absolute atomic E-state index is 10.9. The Bertz CT molecular complexity index is 592. The van der Waals surface area contributed by atoms with Crippen LogP contribution in [0.1, 0.15) is 15.9 Å². The molecule has 4 N–H and O–H groups in total. The second kappa shape index (κ2) is 3.03. The van der Waals surface area contributed by atoms with Gasteiger partial charge in [0.25, 0.3) is 0 Å². The number of nitrogen functional groups attached to an aromatic ring is 1. The minimum atomic E-state index is -1.08. The zero-order valence-corrected chi connectivity index (χ0v) is 7.61. The molecule has 1 aromatic heterocycles. The average molecular weight is 201 g/mol. The van der Waals surface area contributed by atoms with Gasteiger partial charge in [-0.05, 0) is 12.1 Å². The van der Waals surface area contributed by atoms with Crippen LogP contribution in [-0.2, 0) is 0 Å². The molecule has 1 aromatic carbocycles. The summed E-state index contributed by atoms with van der Waals surface area (Å²) in [6.07, 6.45) is 0. The largest absolute Gasteiger partial charge is 0.478 e.